The summed E-state index contributed by atoms with van der Waals surface area (Å²) >= 11 is 0. The monoisotopic (exact) mass is 349 g/mol. The normalized spacial score (nSPS) is 26.4. The van der Waals surface area contributed by atoms with E-state index in [2.05, 4.69) is 38.1 Å². The third-order valence-electron chi connectivity index (χ3n) is 5.64. The molecular formula is C19H27NO3S. The summed E-state index contributed by atoms with van der Waals surface area (Å²) in [5.74, 6) is 1.24. The topological polar surface area (TPSA) is 54.5 Å². The van der Waals surface area contributed by atoms with Crippen LogP contribution in [0.1, 0.15) is 44.6 Å². The molecule has 0 bridgehead atoms. The Labute approximate surface area is 145 Å². The van der Waals surface area contributed by atoms with Gasteiger partial charge >= 0.3 is 0 Å². The second kappa shape index (κ2) is 6.51. The number of hydrogen-bond acceptors (Lipinski definition) is 3. The maximum atomic E-state index is 12.7. The molecule has 0 radical (unpaired) electrons. The molecule has 1 amide bonds. The van der Waals surface area contributed by atoms with Crippen molar-refractivity contribution in [2.24, 2.45) is 11.3 Å². The molecule has 2 aliphatic heterocycles. The molecule has 0 spiro atoms. The van der Waals surface area contributed by atoms with Crippen LogP contribution in [-0.4, -0.2) is 43.8 Å². The summed E-state index contributed by atoms with van der Waals surface area (Å²) in [5, 5.41) is 0. The Hall–Kier alpha value is -1.36. The largest absolute Gasteiger partial charge is 0.341 e. The van der Waals surface area contributed by atoms with Crippen molar-refractivity contribution in [2.75, 3.05) is 24.6 Å². The summed E-state index contributed by atoms with van der Waals surface area (Å²) in [6.07, 6.45) is 1.76. The predicted octanol–water partition coefficient (Wildman–Crippen LogP) is 2.85. The van der Waals surface area contributed by atoms with E-state index < -0.39 is 9.84 Å². The van der Waals surface area contributed by atoms with Gasteiger partial charge in [-0.1, -0.05) is 44.2 Å². The Balaban J connectivity index is 1.63. The van der Waals surface area contributed by atoms with Gasteiger partial charge in [0.05, 0.1) is 11.5 Å². The minimum Gasteiger partial charge on any atom is -0.341 e. The molecule has 1 atom stereocenters. The van der Waals surface area contributed by atoms with Gasteiger partial charge in [-0.3, -0.25) is 4.79 Å². The molecule has 132 valence electrons. The highest BCUT2D eigenvalue weighted by molar-refractivity contribution is 7.91. The first-order valence-corrected chi connectivity index (χ1v) is 10.6. The van der Waals surface area contributed by atoms with Crippen LogP contribution in [0.5, 0.6) is 0 Å². The number of carbonyl (C=O) groups is 1. The van der Waals surface area contributed by atoms with Crippen molar-refractivity contribution in [2.45, 2.75) is 39.0 Å². The van der Waals surface area contributed by atoms with Crippen molar-refractivity contribution in [1.29, 1.82) is 0 Å². The lowest BCUT2D eigenvalue weighted by molar-refractivity contribution is -0.131. The van der Waals surface area contributed by atoms with Crippen LogP contribution < -0.4 is 0 Å². The standard InChI is InChI=1S/C19H27NO3S/c1-19(2)14-20(13-17(19)16-6-4-3-5-7-16)18(21)12-15-8-10-24(22,23)11-9-15/h3-7,15,17H,8-14H2,1-2H3/t17-/m1/s1. The highest BCUT2D eigenvalue weighted by Crippen LogP contribution is 2.42. The molecule has 2 saturated heterocycles. The van der Waals surface area contributed by atoms with Crippen LogP contribution in [0, 0.1) is 11.3 Å². The van der Waals surface area contributed by atoms with E-state index >= 15 is 0 Å². The van der Waals surface area contributed by atoms with E-state index in [1.807, 2.05) is 11.0 Å². The van der Waals surface area contributed by atoms with E-state index in [1.165, 1.54) is 5.56 Å². The Morgan fingerprint density at radius 2 is 1.79 bits per heavy atom. The highest BCUT2D eigenvalue weighted by Gasteiger charge is 2.42. The van der Waals surface area contributed by atoms with Crippen molar-refractivity contribution in [3.63, 3.8) is 0 Å². The molecule has 0 N–H and O–H groups in total. The van der Waals surface area contributed by atoms with Crippen LogP contribution in [0.15, 0.2) is 30.3 Å². The Kier molecular flexibility index (Phi) is 4.73. The minimum absolute atomic E-state index is 0.0624. The smallest absolute Gasteiger partial charge is 0.222 e. The molecule has 5 heteroatoms. The SMILES string of the molecule is CC1(C)CN(C(=O)CC2CCS(=O)(=O)CC2)C[C@@H]1c1ccccc1. The number of sulfone groups is 1. The van der Waals surface area contributed by atoms with Gasteiger partial charge in [-0.05, 0) is 29.7 Å². The van der Waals surface area contributed by atoms with Crippen LogP contribution in [0.2, 0.25) is 0 Å². The van der Waals surface area contributed by atoms with Crippen LogP contribution in [0.3, 0.4) is 0 Å². The molecule has 2 aliphatic rings. The van der Waals surface area contributed by atoms with E-state index in [-0.39, 0.29) is 28.7 Å². The fraction of sp³-hybridized carbons (Fsp3) is 0.632. The molecule has 0 unspecified atom stereocenters. The molecule has 0 aliphatic carbocycles. The number of amides is 1. The Bertz CT molecular complexity index is 683. The average molecular weight is 349 g/mol. The van der Waals surface area contributed by atoms with Crippen molar-refractivity contribution in [3.05, 3.63) is 35.9 Å². The predicted molar refractivity (Wildman–Crippen MR) is 95.5 cm³/mol. The summed E-state index contributed by atoms with van der Waals surface area (Å²) in [6, 6.07) is 10.4. The minimum atomic E-state index is -2.86. The first-order chi connectivity index (χ1) is 11.3. The first kappa shape index (κ1) is 17.5. The van der Waals surface area contributed by atoms with E-state index in [1.54, 1.807) is 0 Å². The molecular weight excluding hydrogens is 322 g/mol. The van der Waals surface area contributed by atoms with Gasteiger partial charge in [0.15, 0.2) is 0 Å². The first-order valence-electron chi connectivity index (χ1n) is 8.80. The number of benzene rings is 1. The van der Waals surface area contributed by atoms with Gasteiger partial charge in [-0.15, -0.1) is 0 Å². The maximum absolute atomic E-state index is 12.7. The summed E-state index contributed by atoms with van der Waals surface area (Å²) in [5.41, 5.74) is 1.36. The fourth-order valence-corrected chi connectivity index (χ4v) is 5.67. The van der Waals surface area contributed by atoms with Crippen LogP contribution in [0.4, 0.5) is 0 Å². The third-order valence-corrected chi connectivity index (χ3v) is 7.35. The third kappa shape index (κ3) is 3.82. The molecule has 4 nitrogen and oxygen atoms in total. The quantitative estimate of drug-likeness (QED) is 0.843. The van der Waals surface area contributed by atoms with Gasteiger partial charge in [-0.2, -0.15) is 0 Å². The zero-order chi connectivity index (χ0) is 17.4. The molecule has 0 saturated carbocycles. The second-order valence-corrected chi connectivity index (χ2v) is 10.3. The van der Waals surface area contributed by atoms with Gasteiger partial charge in [0.1, 0.15) is 9.84 Å². The van der Waals surface area contributed by atoms with E-state index in [0.717, 1.165) is 13.1 Å². The Morgan fingerprint density at radius 3 is 2.42 bits per heavy atom. The van der Waals surface area contributed by atoms with Crippen LogP contribution in [-0.2, 0) is 14.6 Å². The van der Waals surface area contributed by atoms with Gasteiger partial charge in [0, 0.05) is 25.4 Å². The number of rotatable bonds is 3. The van der Waals surface area contributed by atoms with E-state index in [4.69, 9.17) is 0 Å². The van der Waals surface area contributed by atoms with Crippen LogP contribution in [0.25, 0.3) is 0 Å². The van der Waals surface area contributed by atoms with Crippen LogP contribution >= 0.6 is 0 Å². The zero-order valence-electron chi connectivity index (χ0n) is 14.6. The molecule has 0 aromatic heterocycles. The second-order valence-electron chi connectivity index (χ2n) is 8.03. The van der Waals surface area contributed by atoms with Crippen molar-refractivity contribution in [3.8, 4) is 0 Å². The van der Waals surface area contributed by atoms with E-state index in [9.17, 15) is 13.2 Å². The highest BCUT2D eigenvalue weighted by atomic mass is 32.2. The number of nitrogens with zero attached hydrogens (tertiary/aromatic N) is 1. The molecule has 24 heavy (non-hydrogen) atoms. The lowest BCUT2D eigenvalue weighted by Crippen LogP contribution is -2.33. The molecule has 3 rings (SSSR count). The van der Waals surface area contributed by atoms with Crippen molar-refractivity contribution in [1.82, 2.24) is 4.90 Å². The molecule has 1 aromatic carbocycles. The lowest BCUT2D eigenvalue weighted by Gasteiger charge is -2.26. The number of hydrogen-bond donors (Lipinski definition) is 0. The average Bonchev–Trinajstić information content (AvgIpc) is 2.86. The van der Waals surface area contributed by atoms with Gasteiger partial charge in [-0.25, -0.2) is 8.42 Å². The summed E-state index contributed by atoms with van der Waals surface area (Å²) < 4.78 is 23.1. The Morgan fingerprint density at radius 1 is 1.17 bits per heavy atom. The summed E-state index contributed by atoms with van der Waals surface area (Å²) in [7, 11) is -2.86. The number of likely N-dealkylation sites (tertiary alicyclic amines) is 1. The molecule has 2 heterocycles. The summed E-state index contributed by atoms with van der Waals surface area (Å²) in [6.45, 7) is 5.99. The molecule has 2 fully saturated rings. The molecule has 1 aromatic rings. The van der Waals surface area contributed by atoms with Gasteiger partial charge < -0.3 is 4.90 Å². The maximum Gasteiger partial charge on any atom is 0.222 e. The number of carbonyl (C=O) groups excluding carboxylic acids is 1. The van der Waals surface area contributed by atoms with Crippen molar-refractivity contribution >= 4 is 15.7 Å². The van der Waals surface area contributed by atoms with E-state index in [0.29, 0.717) is 25.2 Å². The van der Waals surface area contributed by atoms with Crippen molar-refractivity contribution < 1.29 is 13.2 Å². The van der Waals surface area contributed by atoms with Gasteiger partial charge in [0.25, 0.3) is 0 Å². The fourth-order valence-electron chi connectivity index (χ4n) is 4.09. The zero-order valence-corrected chi connectivity index (χ0v) is 15.4. The summed E-state index contributed by atoms with van der Waals surface area (Å²) in [4.78, 5) is 14.7. The van der Waals surface area contributed by atoms with Gasteiger partial charge in [0.2, 0.25) is 5.91 Å². The lowest BCUT2D eigenvalue weighted by atomic mass is 9.78.